The summed E-state index contributed by atoms with van der Waals surface area (Å²) in [6.45, 7) is 11.4. The van der Waals surface area contributed by atoms with Crippen LogP contribution in [0.4, 0.5) is 0 Å². The van der Waals surface area contributed by atoms with E-state index in [-0.39, 0.29) is 24.8 Å². The summed E-state index contributed by atoms with van der Waals surface area (Å²) in [7, 11) is 0. The number of hydrogen-bond acceptors (Lipinski definition) is 0. The number of allylic oxidation sites excluding steroid dienone is 4. The Balaban J connectivity index is 0. The zero-order valence-corrected chi connectivity index (χ0v) is 13.4. The molecule has 0 heterocycles. The molecule has 0 radical (unpaired) electrons. The van der Waals surface area contributed by atoms with Crippen LogP contribution in [0.5, 0.6) is 0 Å². The molecule has 0 aliphatic heterocycles. The van der Waals surface area contributed by atoms with E-state index in [9.17, 15) is 0 Å². The Labute approximate surface area is 114 Å². The number of halogens is 2. The molecule has 0 nitrogen and oxygen atoms in total. The minimum absolute atomic E-state index is 0. The second-order valence-corrected chi connectivity index (χ2v) is 5.33. The van der Waals surface area contributed by atoms with Gasteiger partial charge in [0, 0.05) is 0 Å². The van der Waals surface area contributed by atoms with E-state index >= 15 is 0 Å². The van der Waals surface area contributed by atoms with Gasteiger partial charge in [-0.15, -0.1) is 24.8 Å². The van der Waals surface area contributed by atoms with E-state index in [1.807, 2.05) is 0 Å². The van der Waals surface area contributed by atoms with Gasteiger partial charge < -0.3 is 0 Å². The van der Waals surface area contributed by atoms with Crippen molar-refractivity contribution in [1.29, 1.82) is 0 Å². The van der Waals surface area contributed by atoms with Crippen molar-refractivity contribution < 1.29 is 31.0 Å². The summed E-state index contributed by atoms with van der Waals surface area (Å²) in [5.41, 5.74) is 5.02. The van der Waals surface area contributed by atoms with Crippen LogP contribution in [0.3, 0.4) is 0 Å². The standard InChI is InChI=1S/C10H15.2ClH.Y/c1-7-6-10(4,5)9(3)8(7)2;;;/h1-5H3;2*1H;. The molecule has 0 amide bonds. The second kappa shape index (κ2) is 5.30. The van der Waals surface area contributed by atoms with Crippen LogP contribution < -0.4 is 0 Å². The van der Waals surface area contributed by atoms with E-state index in [1.165, 1.54) is 36.5 Å². The molecule has 3 heteroatoms. The Morgan fingerprint density at radius 3 is 1.38 bits per heavy atom. The van der Waals surface area contributed by atoms with Crippen molar-refractivity contribution in [1.82, 2.24) is 0 Å². The van der Waals surface area contributed by atoms with Crippen molar-refractivity contribution in [2.45, 2.75) is 34.6 Å². The largest absolute Gasteiger partial charge is 0.147 e. The fourth-order valence-electron chi connectivity index (χ4n) is 1.62. The maximum absolute atomic E-state index is 2.34. The maximum atomic E-state index is 2.34. The number of rotatable bonds is 0. The first-order chi connectivity index (χ1) is 4.89. The van der Waals surface area contributed by atoms with Crippen molar-refractivity contribution in [3.8, 4) is 0 Å². The summed E-state index contributed by atoms with van der Waals surface area (Å²) < 4.78 is 1.66. The summed E-state index contributed by atoms with van der Waals surface area (Å²) >= 11 is 1.28. The third-order valence-corrected chi connectivity index (χ3v) is 5.98. The van der Waals surface area contributed by atoms with Crippen LogP contribution in [0.1, 0.15) is 34.6 Å². The molecule has 0 bridgehead atoms. The molecule has 0 fully saturated rings. The third-order valence-electron chi connectivity index (χ3n) is 3.14. The second-order valence-electron chi connectivity index (χ2n) is 3.91. The van der Waals surface area contributed by atoms with E-state index in [4.69, 9.17) is 0 Å². The molecule has 0 aromatic rings. The molecule has 1 aliphatic rings. The predicted molar refractivity (Wildman–Crippen MR) is 59.4 cm³/mol. The minimum Gasteiger partial charge on any atom is -0.147 e. The van der Waals surface area contributed by atoms with Crippen LogP contribution in [0, 0.1) is 5.41 Å². The average Bonchev–Trinajstić information content (AvgIpc) is 2.06. The Morgan fingerprint density at radius 2 is 1.31 bits per heavy atom. The van der Waals surface area contributed by atoms with Crippen LogP contribution in [0.25, 0.3) is 0 Å². The van der Waals surface area contributed by atoms with Crippen molar-refractivity contribution in [2.75, 3.05) is 0 Å². The molecule has 74 valence electrons. The Morgan fingerprint density at radius 1 is 0.923 bits per heavy atom. The fraction of sp³-hybridized carbons (Fsp3) is 0.600. The Hall–Kier alpha value is 1.16. The van der Waals surface area contributed by atoms with Crippen molar-refractivity contribution in [2.24, 2.45) is 5.41 Å². The van der Waals surface area contributed by atoms with Gasteiger partial charge in [-0.3, -0.25) is 0 Å². The van der Waals surface area contributed by atoms with E-state index in [1.54, 1.807) is 13.5 Å². The summed E-state index contributed by atoms with van der Waals surface area (Å²) in [5, 5.41) is 0. The van der Waals surface area contributed by atoms with E-state index < -0.39 is 0 Å². The normalized spacial score (nSPS) is 19.7. The van der Waals surface area contributed by atoms with Gasteiger partial charge in [0.05, 0.1) is 0 Å². The number of hydrogen-bond donors (Lipinski definition) is 0. The van der Waals surface area contributed by atoms with Crippen LogP contribution >= 0.6 is 24.8 Å². The van der Waals surface area contributed by atoms with Crippen LogP contribution in [-0.4, -0.2) is 0 Å². The minimum atomic E-state index is 0. The van der Waals surface area contributed by atoms with Gasteiger partial charge in [-0.25, -0.2) is 0 Å². The monoisotopic (exact) mass is 296 g/mol. The smallest absolute Gasteiger partial charge is 0.147 e. The van der Waals surface area contributed by atoms with Gasteiger partial charge in [0.2, 0.25) is 0 Å². The molecule has 13 heavy (non-hydrogen) atoms. The summed E-state index contributed by atoms with van der Waals surface area (Å²) in [6, 6.07) is 0. The molecule has 0 spiro atoms. The first kappa shape index (κ1) is 16.6. The third kappa shape index (κ3) is 2.59. The van der Waals surface area contributed by atoms with Crippen molar-refractivity contribution >= 4 is 24.8 Å². The quantitative estimate of drug-likeness (QED) is 0.633. The Bertz CT molecular complexity index is 236. The fourth-order valence-corrected chi connectivity index (χ4v) is 2.69. The van der Waals surface area contributed by atoms with Crippen LogP contribution in [0.2, 0.25) is 0 Å². The zero-order chi connectivity index (χ0) is 8.81. The van der Waals surface area contributed by atoms with Gasteiger partial charge in [-0.05, 0) is 0 Å². The molecular weight excluding hydrogens is 280 g/mol. The van der Waals surface area contributed by atoms with Crippen LogP contribution in [-0.2, 0) is 31.0 Å². The molecular formula is C10H17Cl2Y. The predicted octanol–water partition coefficient (Wildman–Crippen LogP) is 4.03. The molecule has 1 aliphatic carbocycles. The van der Waals surface area contributed by atoms with Gasteiger partial charge in [-0.1, -0.05) is 0 Å². The van der Waals surface area contributed by atoms with Crippen molar-refractivity contribution in [3.63, 3.8) is 0 Å². The molecule has 0 aromatic carbocycles. The van der Waals surface area contributed by atoms with E-state index in [0.717, 1.165) is 0 Å². The van der Waals surface area contributed by atoms with Gasteiger partial charge in [0.15, 0.2) is 0 Å². The summed E-state index contributed by atoms with van der Waals surface area (Å²) in [6.07, 6.45) is 0. The molecule has 0 N–H and O–H groups in total. The Kier molecular flexibility index (Phi) is 6.77. The molecule has 0 saturated heterocycles. The van der Waals surface area contributed by atoms with E-state index in [0.29, 0.717) is 5.41 Å². The van der Waals surface area contributed by atoms with E-state index in [2.05, 4.69) is 34.6 Å². The van der Waals surface area contributed by atoms with Crippen molar-refractivity contribution in [3.05, 3.63) is 19.1 Å². The van der Waals surface area contributed by atoms with Gasteiger partial charge in [-0.2, -0.15) is 0 Å². The molecule has 0 unspecified atom stereocenters. The topological polar surface area (TPSA) is 0 Å². The molecule has 0 aromatic heterocycles. The SMILES string of the molecule is CC1=C(C)C(C)(C)[C]([Y])=C1C.Cl.Cl. The van der Waals surface area contributed by atoms with Gasteiger partial charge in [0.1, 0.15) is 0 Å². The zero-order valence-electron chi connectivity index (χ0n) is 8.89. The molecule has 0 saturated carbocycles. The first-order valence-electron chi connectivity index (χ1n) is 4.04. The van der Waals surface area contributed by atoms with Gasteiger partial charge in [0.25, 0.3) is 0 Å². The summed E-state index contributed by atoms with van der Waals surface area (Å²) in [5.74, 6) is 0. The molecule has 1 rings (SSSR count). The summed E-state index contributed by atoms with van der Waals surface area (Å²) in [4.78, 5) is 0. The van der Waals surface area contributed by atoms with Crippen LogP contribution in [0.15, 0.2) is 19.1 Å². The first-order valence-corrected chi connectivity index (χ1v) is 5.46. The molecule has 0 atom stereocenters. The maximum Gasteiger partial charge on any atom is -0.147 e. The average molecular weight is 297 g/mol. The van der Waals surface area contributed by atoms with Gasteiger partial charge >= 0.3 is 90.1 Å².